The van der Waals surface area contributed by atoms with Gasteiger partial charge in [-0.15, -0.1) is 0 Å². The largest absolute Gasteiger partial charge is 0.481 e. The molecule has 0 saturated carbocycles. The number of nitrogens with one attached hydrogen (secondary N) is 1. The van der Waals surface area contributed by atoms with Crippen molar-refractivity contribution < 1.29 is 19.4 Å². The molecule has 2 N–H and O–H groups in total. The van der Waals surface area contributed by atoms with Crippen LogP contribution in [0.4, 0.5) is 5.69 Å². The third-order valence-corrected chi connectivity index (χ3v) is 7.95. The van der Waals surface area contributed by atoms with E-state index in [4.69, 9.17) is 21.3 Å². The number of rotatable bonds is 8. The van der Waals surface area contributed by atoms with Crippen LogP contribution in [0.5, 0.6) is 5.88 Å². The van der Waals surface area contributed by atoms with Gasteiger partial charge >= 0.3 is 5.97 Å². The summed E-state index contributed by atoms with van der Waals surface area (Å²) in [6.45, 7) is 3.61. The molecule has 2 aromatic carbocycles. The maximum Gasteiger partial charge on any atom is 0.307 e. The van der Waals surface area contributed by atoms with Crippen LogP contribution in [0.25, 0.3) is 22.4 Å². The number of carbonyl (C=O) groups is 2. The molecule has 1 aliphatic heterocycles. The van der Waals surface area contributed by atoms with Gasteiger partial charge in [0.15, 0.2) is 0 Å². The Bertz CT molecular complexity index is 1740. The van der Waals surface area contributed by atoms with Crippen LogP contribution in [0.15, 0.2) is 65.6 Å². The third-order valence-electron chi connectivity index (χ3n) is 7.54. The number of methoxy groups -OCH3 is 1. The van der Waals surface area contributed by atoms with E-state index in [2.05, 4.69) is 15.3 Å². The minimum atomic E-state index is -0.768. The number of hydrogen-bond donors (Lipinski definition) is 2. The van der Waals surface area contributed by atoms with E-state index in [-0.39, 0.29) is 11.5 Å². The molecule has 2 aromatic heterocycles. The van der Waals surface area contributed by atoms with Crippen molar-refractivity contribution in [2.75, 3.05) is 25.5 Å². The number of benzene rings is 2. The first-order chi connectivity index (χ1) is 20.2. The topological polar surface area (TPSA) is 127 Å². The Labute approximate surface area is 247 Å². The lowest BCUT2D eigenvalue weighted by Crippen LogP contribution is -2.28. The lowest BCUT2D eigenvalue weighted by atomic mass is 9.96. The molecule has 11 heteroatoms. The van der Waals surface area contributed by atoms with Crippen molar-refractivity contribution in [3.8, 4) is 28.3 Å². The zero-order valence-electron chi connectivity index (χ0n) is 23.4. The monoisotopic (exact) mass is 587 g/mol. The summed E-state index contributed by atoms with van der Waals surface area (Å²) < 4.78 is 6.72. The summed E-state index contributed by atoms with van der Waals surface area (Å²) in [5.74, 6) is -1.20. The van der Waals surface area contributed by atoms with Gasteiger partial charge in [-0.2, -0.15) is 5.10 Å². The lowest BCUT2D eigenvalue weighted by Gasteiger charge is -2.18. The molecule has 4 aromatic rings. The summed E-state index contributed by atoms with van der Waals surface area (Å²) >= 11 is 6.98. The number of carboxylic acids is 1. The van der Waals surface area contributed by atoms with Crippen molar-refractivity contribution in [1.82, 2.24) is 19.7 Å². The van der Waals surface area contributed by atoms with E-state index in [1.807, 2.05) is 49.4 Å². The standard InChI is InChI=1S/C31H30ClN5O5/c1-18-21(6-5-9-25(18)34-28(38)24-12-14-33-36(2)30(24)39)22-7-4-8-23(27(22)32)26-11-10-19(29(35-26)42-3)16-37-15-13-20(17-37)31(40)41/h4-12,14,20H,13,15-17H2,1-3H3,(H,34,38)(H,40,41). The Morgan fingerprint density at radius 1 is 1.10 bits per heavy atom. The maximum absolute atomic E-state index is 12.9. The summed E-state index contributed by atoms with van der Waals surface area (Å²) in [5.41, 5.74) is 4.60. The van der Waals surface area contributed by atoms with E-state index >= 15 is 0 Å². The minimum Gasteiger partial charge on any atom is -0.481 e. The van der Waals surface area contributed by atoms with Crippen molar-refractivity contribution in [3.63, 3.8) is 0 Å². The maximum atomic E-state index is 12.9. The smallest absolute Gasteiger partial charge is 0.307 e. The SMILES string of the molecule is COc1nc(-c2cccc(-c3cccc(NC(=O)c4ccnn(C)c4=O)c3C)c2Cl)ccc1CN1CCC(C(=O)O)C1. The number of carbonyl (C=O) groups excluding carboxylic acids is 1. The van der Waals surface area contributed by atoms with Crippen molar-refractivity contribution >= 4 is 29.2 Å². The van der Waals surface area contributed by atoms with E-state index in [0.29, 0.717) is 53.9 Å². The molecule has 1 saturated heterocycles. The zero-order valence-corrected chi connectivity index (χ0v) is 24.2. The van der Waals surface area contributed by atoms with Crippen LogP contribution in [0.2, 0.25) is 5.02 Å². The first-order valence-electron chi connectivity index (χ1n) is 13.4. The van der Waals surface area contributed by atoms with Gasteiger partial charge in [0.2, 0.25) is 5.88 Å². The highest BCUT2D eigenvalue weighted by Gasteiger charge is 2.28. The number of pyridine rings is 1. The molecule has 3 heterocycles. The molecule has 0 spiro atoms. The van der Waals surface area contributed by atoms with E-state index < -0.39 is 17.4 Å². The van der Waals surface area contributed by atoms with Gasteiger partial charge < -0.3 is 15.2 Å². The Morgan fingerprint density at radius 2 is 1.83 bits per heavy atom. The average Bonchev–Trinajstić information content (AvgIpc) is 3.45. The number of aromatic nitrogens is 3. The summed E-state index contributed by atoms with van der Waals surface area (Å²) in [6.07, 6.45) is 2.03. The fourth-order valence-corrected chi connectivity index (χ4v) is 5.53. The molecule has 0 radical (unpaired) electrons. The van der Waals surface area contributed by atoms with Crippen molar-refractivity contribution in [3.05, 3.63) is 92.9 Å². The van der Waals surface area contributed by atoms with Crippen molar-refractivity contribution in [1.29, 1.82) is 0 Å². The number of aryl methyl sites for hydroxylation is 1. The number of hydrogen-bond acceptors (Lipinski definition) is 7. The van der Waals surface area contributed by atoms with Crippen LogP contribution < -0.4 is 15.6 Å². The molecular weight excluding hydrogens is 558 g/mol. The van der Waals surface area contributed by atoms with Crippen LogP contribution in [0.3, 0.4) is 0 Å². The second kappa shape index (κ2) is 12.1. The number of anilines is 1. The molecule has 1 unspecified atom stereocenters. The van der Waals surface area contributed by atoms with Gasteiger partial charge in [-0.05, 0) is 49.2 Å². The summed E-state index contributed by atoms with van der Waals surface area (Å²) in [4.78, 5) is 43.4. The van der Waals surface area contributed by atoms with Gasteiger partial charge in [0.25, 0.3) is 11.5 Å². The van der Waals surface area contributed by atoms with Gasteiger partial charge in [-0.3, -0.25) is 19.3 Å². The first kappa shape index (κ1) is 29.0. The van der Waals surface area contributed by atoms with Crippen LogP contribution >= 0.6 is 11.6 Å². The van der Waals surface area contributed by atoms with Gasteiger partial charge in [0, 0.05) is 48.7 Å². The number of aliphatic carboxylic acids is 1. The second-order valence-electron chi connectivity index (χ2n) is 10.2. The Kier molecular flexibility index (Phi) is 8.37. The number of carboxylic acid groups (broad SMARTS) is 1. The molecule has 216 valence electrons. The Morgan fingerprint density at radius 3 is 2.57 bits per heavy atom. The number of halogens is 1. The molecule has 10 nitrogen and oxygen atoms in total. The summed E-state index contributed by atoms with van der Waals surface area (Å²) in [7, 11) is 3.05. The Hall–Kier alpha value is -4.54. The predicted octanol–water partition coefficient (Wildman–Crippen LogP) is 4.64. The number of likely N-dealkylation sites (tertiary alicyclic amines) is 1. The molecule has 0 bridgehead atoms. The first-order valence-corrected chi connectivity index (χ1v) is 13.8. The lowest BCUT2D eigenvalue weighted by molar-refractivity contribution is -0.141. The van der Waals surface area contributed by atoms with E-state index in [0.717, 1.165) is 26.9 Å². The Balaban J connectivity index is 1.43. The van der Waals surface area contributed by atoms with Gasteiger partial charge in [0.05, 0.1) is 23.7 Å². The quantitative estimate of drug-likeness (QED) is 0.305. The third kappa shape index (κ3) is 5.77. The number of nitrogens with zero attached hydrogens (tertiary/aromatic N) is 4. The van der Waals surface area contributed by atoms with E-state index in [1.54, 1.807) is 13.2 Å². The predicted molar refractivity (Wildman–Crippen MR) is 160 cm³/mol. The average molecular weight is 588 g/mol. The van der Waals surface area contributed by atoms with Gasteiger partial charge in [-0.1, -0.05) is 48.0 Å². The minimum absolute atomic E-state index is 0.00719. The fourth-order valence-electron chi connectivity index (χ4n) is 5.20. The van der Waals surface area contributed by atoms with E-state index in [1.165, 1.54) is 19.3 Å². The normalized spacial score (nSPS) is 15.0. The highest BCUT2D eigenvalue weighted by molar-refractivity contribution is 6.36. The van der Waals surface area contributed by atoms with E-state index in [9.17, 15) is 19.5 Å². The fraction of sp³-hybridized carbons (Fsp3) is 0.258. The second-order valence-corrected chi connectivity index (χ2v) is 10.6. The number of ether oxygens (including phenoxy) is 1. The highest BCUT2D eigenvalue weighted by Crippen LogP contribution is 2.39. The highest BCUT2D eigenvalue weighted by atomic mass is 35.5. The van der Waals surface area contributed by atoms with Crippen LogP contribution in [-0.2, 0) is 18.4 Å². The molecule has 1 fully saturated rings. The summed E-state index contributed by atoms with van der Waals surface area (Å²) in [5, 5.41) is 16.5. The van der Waals surface area contributed by atoms with Gasteiger partial charge in [-0.25, -0.2) is 9.67 Å². The molecule has 0 aliphatic carbocycles. The van der Waals surface area contributed by atoms with Crippen LogP contribution in [0.1, 0.15) is 27.9 Å². The molecular formula is C31H30ClN5O5. The molecule has 1 aliphatic rings. The van der Waals surface area contributed by atoms with Crippen LogP contribution in [0, 0.1) is 12.8 Å². The van der Waals surface area contributed by atoms with Crippen molar-refractivity contribution in [2.45, 2.75) is 19.9 Å². The molecule has 5 rings (SSSR count). The van der Waals surface area contributed by atoms with Gasteiger partial charge in [0.1, 0.15) is 5.56 Å². The van der Waals surface area contributed by atoms with Crippen molar-refractivity contribution in [2.24, 2.45) is 13.0 Å². The summed E-state index contributed by atoms with van der Waals surface area (Å²) in [6, 6.07) is 16.4. The zero-order chi connectivity index (χ0) is 30.0. The molecule has 42 heavy (non-hydrogen) atoms. The molecule has 1 atom stereocenters. The van der Waals surface area contributed by atoms with Crippen LogP contribution in [-0.4, -0.2) is 56.8 Å². The molecule has 1 amide bonds. The number of amides is 1.